The number of carbonyl (C=O) groups excluding carboxylic acids is 1. The van der Waals surface area contributed by atoms with E-state index in [1.807, 2.05) is 0 Å². The topological polar surface area (TPSA) is 92.5 Å². The minimum Gasteiger partial charge on any atom is -0.341 e. The van der Waals surface area contributed by atoms with Gasteiger partial charge < -0.3 is 10.6 Å². The van der Waals surface area contributed by atoms with Gasteiger partial charge in [0.15, 0.2) is 0 Å². The van der Waals surface area contributed by atoms with E-state index < -0.39 is 31.7 Å². The third-order valence-electron chi connectivity index (χ3n) is 4.00. The number of alkyl halides is 3. The fourth-order valence-electron chi connectivity index (χ4n) is 2.66. The van der Waals surface area contributed by atoms with E-state index in [0.29, 0.717) is 19.2 Å². The predicted octanol–water partition coefficient (Wildman–Crippen LogP) is 1.98. The van der Waals surface area contributed by atoms with Gasteiger partial charge in [-0.2, -0.15) is 13.2 Å². The van der Waals surface area contributed by atoms with Gasteiger partial charge in [-0.3, -0.25) is 4.79 Å². The Balaban J connectivity index is 2.00. The number of amides is 1. The number of halogens is 4. The van der Waals surface area contributed by atoms with Crippen molar-refractivity contribution in [3.63, 3.8) is 0 Å². The average molecular weight is 414 g/mol. The molecule has 26 heavy (non-hydrogen) atoms. The van der Waals surface area contributed by atoms with Crippen LogP contribution in [0.4, 0.5) is 13.2 Å². The summed E-state index contributed by atoms with van der Waals surface area (Å²) in [6.07, 6.45) is -3.27. The van der Waals surface area contributed by atoms with E-state index in [4.69, 9.17) is 17.3 Å². The van der Waals surface area contributed by atoms with E-state index in [1.54, 1.807) is 4.90 Å². The molecule has 0 bridgehead atoms. The van der Waals surface area contributed by atoms with Crippen LogP contribution in [0.5, 0.6) is 0 Å². The summed E-state index contributed by atoms with van der Waals surface area (Å²) in [6.45, 7) is 0.750. The normalized spacial score (nSPS) is 18.8. The largest absolute Gasteiger partial charge is 0.417 e. The van der Waals surface area contributed by atoms with Crippen LogP contribution < -0.4 is 10.5 Å². The average Bonchev–Trinajstić information content (AvgIpc) is 2.53. The minimum atomic E-state index is -4.77. The second-order valence-electron chi connectivity index (χ2n) is 6.03. The summed E-state index contributed by atoms with van der Waals surface area (Å²) >= 11 is 5.48. The lowest BCUT2D eigenvalue weighted by Crippen LogP contribution is -2.46. The number of hydrogen-bond donors (Lipinski definition) is 2. The molecular formula is C15H19ClF3N3O3S. The Bertz CT molecular complexity index is 771. The van der Waals surface area contributed by atoms with Crippen LogP contribution in [0, 0.1) is 0 Å². The summed E-state index contributed by atoms with van der Waals surface area (Å²) in [5.74, 6) is -0.255. The maximum Gasteiger partial charge on any atom is 0.417 e. The van der Waals surface area contributed by atoms with E-state index in [2.05, 4.69) is 4.72 Å². The maximum absolute atomic E-state index is 12.9. The van der Waals surface area contributed by atoms with Gasteiger partial charge in [-0.25, -0.2) is 13.1 Å². The molecule has 6 nitrogen and oxygen atoms in total. The van der Waals surface area contributed by atoms with Crippen molar-refractivity contribution < 1.29 is 26.4 Å². The van der Waals surface area contributed by atoms with Crippen LogP contribution >= 0.6 is 11.6 Å². The first-order valence-electron chi connectivity index (χ1n) is 7.90. The third kappa shape index (κ3) is 5.32. The van der Waals surface area contributed by atoms with Gasteiger partial charge in [-0.15, -0.1) is 0 Å². The highest BCUT2D eigenvalue weighted by Crippen LogP contribution is 2.35. The van der Waals surface area contributed by atoms with Crippen molar-refractivity contribution in [2.75, 3.05) is 19.6 Å². The molecule has 1 atom stereocenters. The van der Waals surface area contributed by atoms with E-state index in [0.717, 1.165) is 25.0 Å². The van der Waals surface area contributed by atoms with Crippen molar-refractivity contribution in [3.8, 4) is 0 Å². The fourth-order valence-corrected chi connectivity index (χ4v) is 3.94. The summed E-state index contributed by atoms with van der Waals surface area (Å²) in [7, 11) is -4.20. The number of nitrogens with two attached hydrogens (primary N) is 1. The molecule has 2 rings (SSSR count). The Kier molecular flexibility index (Phi) is 6.54. The van der Waals surface area contributed by atoms with Gasteiger partial charge in [0, 0.05) is 32.1 Å². The highest BCUT2D eigenvalue weighted by Gasteiger charge is 2.34. The van der Waals surface area contributed by atoms with E-state index in [1.165, 1.54) is 0 Å². The summed E-state index contributed by atoms with van der Waals surface area (Å²) < 4.78 is 65.0. The van der Waals surface area contributed by atoms with Crippen LogP contribution in [0.3, 0.4) is 0 Å². The van der Waals surface area contributed by atoms with Crippen LogP contribution in [0.15, 0.2) is 23.1 Å². The first-order chi connectivity index (χ1) is 12.0. The molecule has 0 aromatic heterocycles. The molecular weight excluding hydrogens is 395 g/mol. The lowest BCUT2D eigenvalue weighted by molar-refractivity contribution is -0.137. The third-order valence-corrected chi connectivity index (χ3v) is 5.78. The molecule has 1 aliphatic heterocycles. The summed E-state index contributed by atoms with van der Waals surface area (Å²) in [5, 5.41) is -0.590. The van der Waals surface area contributed by atoms with Crippen LogP contribution in [0.25, 0.3) is 0 Å². The molecule has 3 N–H and O–H groups in total. The van der Waals surface area contributed by atoms with Crippen molar-refractivity contribution >= 4 is 27.5 Å². The highest BCUT2D eigenvalue weighted by atomic mass is 35.5. The SMILES string of the molecule is NC1CCCN(C(=O)CCNS(=O)(=O)c2ccc(Cl)c(C(F)(F)F)c2)C1. The van der Waals surface area contributed by atoms with E-state index in [-0.39, 0.29) is 24.9 Å². The van der Waals surface area contributed by atoms with Crippen LogP contribution in [-0.4, -0.2) is 44.9 Å². The first kappa shape index (κ1) is 20.9. The number of likely N-dealkylation sites (tertiary alicyclic amines) is 1. The Labute approximate surface area is 154 Å². The molecule has 1 unspecified atom stereocenters. The van der Waals surface area contributed by atoms with Gasteiger partial charge in [-0.1, -0.05) is 11.6 Å². The van der Waals surface area contributed by atoms with Gasteiger partial charge in [0.05, 0.1) is 15.5 Å². The Hall–Kier alpha value is -1.36. The van der Waals surface area contributed by atoms with E-state index >= 15 is 0 Å². The number of piperidine rings is 1. The van der Waals surface area contributed by atoms with Gasteiger partial charge in [0.25, 0.3) is 0 Å². The van der Waals surface area contributed by atoms with E-state index in [9.17, 15) is 26.4 Å². The summed E-state index contributed by atoms with van der Waals surface area (Å²) in [5.41, 5.74) is 4.55. The molecule has 0 aliphatic carbocycles. The Morgan fingerprint density at radius 1 is 1.38 bits per heavy atom. The number of sulfonamides is 1. The molecule has 0 spiro atoms. The molecule has 1 aromatic rings. The van der Waals surface area contributed by atoms with Gasteiger partial charge in [0.1, 0.15) is 0 Å². The Morgan fingerprint density at radius 3 is 2.69 bits per heavy atom. The second kappa shape index (κ2) is 8.12. The Morgan fingerprint density at radius 2 is 2.08 bits per heavy atom. The first-order valence-corrected chi connectivity index (χ1v) is 9.76. The number of hydrogen-bond acceptors (Lipinski definition) is 4. The van der Waals surface area contributed by atoms with Gasteiger partial charge in [-0.05, 0) is 31.0 Å². The fraction of sp³-hybridized carbons (Fsp3) is 0.533. The number of carbonyl (C=O) groups is 1. The molecule has 146 valence electrons. The lowest BCUT2D eigenvalue weighted by Gasteiger charge is -2.30. The summed E-state index contributed by atoms with van der Waals surface area (Å²) in [6, 6.07) is 2.22. The smallest absolute Gasteiger partial charge is 0.341 e. The van der Waals surface area contributed by atoms with Gasteiger partial charge >= 0.3 is 6.18 Å². The van der Waals surface area contributed by atoms with Crippen molar-refractivity contribution in [1.82, 2.24) is 9.62 Å². The molecule has 0 radical (unpaired) electrons. The molecule has 1 fully saturated rings. The molecule has 1 saturated heterocycles. The monoisotopic (exact) mass is 413 g/mol. The second-order valence-corrected chi connectivity index (χ2v) is 8.20. The molecule has 1 aromatic carbocycles. The van der Waals surface area contributed by atoms with Crippen molar-refractivity contribution in [2.24, 2.45) is 5.73 Å². The van der Waals surface area contributed by atoms with Crippen molar-refractivity contribution in [3.05, 3.63) is 28.8 Å². The standard InChI is InChI=1S/C15H19ClF3N3O3S/c16-13-4-3-11(8-12(13)15(17,18)19)26(24,25)21-6-5-14(23)22-7-1-2-10(20)9-22/h3-4,8,10,21H,1-2,5-7,9,20H2. The van der Waals surface area contributed by atoms with Crippen molar-refractivity contribution in [2.45, 2.75) is 36.4 Å². The number of nitrogens with zero attached hydrogens (tertiary/aromatic N) is 1. The quantitative estimate of drug-likeness (QED) is 0.772. The van der Waals surface area contributed by atoms with Crippen LogP contribution in [-0.2, 0) is 21.0 Å². The molecule has 1 amide bonds. The molecule has 1 heterocycles. The van der Waals surface area contributed by atoms with Gasteiger partial charge in [0.2, 0.25) is 15.9 Å². The molecule has 1 aliphatic rings. The van der Waals surface area contributed by atoms with Crippen molar-refractivity contribution in [1.29, 1.82) is 0 Å². The highest BCUT2D eigenvalue weighted by molar-refractivity contribution is 7.89. The zero-order chi connectivity index (χ0) is 19.5. The maximum atomic E-state index is 12.9. The zero-order valence-corrected chi connectivity index (χ0v) is 15.3. The lowest BCUT2D eigenvalue weighted by atomic mass is 10.1. The molecule has 11 heteroatoms. The number of benzene rings is 1. The molecule has 0 saturated carbocycles. The van der Waals surface area contributed by atoms with Crippen LogP contribution in [0.1, 0.15) is 24.8 Å². The number of rotatable bonds is 5. The predicted molar refractivity (Wildman–Crippen MR) is 90.0 cm³/mol. The number of nitrogens with one attached hydrogen (secondary N) is 1. The van der Waals surface area contributed by atoms with Crippen LogP contribution in [0.2, 0.25) is 5.02 Å². The zero-order valence-electron chi connectivity index (χ0n) is 13.7. The summed E-state index contributed by atoms with van der Waals surface area (Å²) in [4.78, 5) is 13.1. The minimum absolute atomic E-state index is 0.0979.